The van der Waals surface area contributed by atoms with Crippen LogP contribution in [-0.2, 0) is 20.7 Å². The number of rotatable bonds is 5. The Hall–Kier alpha value is -2.22. The fraction of sp³-hybridized carbons (Fsp3) is 0.565. The van der Waals surface area contributed by atoms with Crippen LogP contribution in [0.3, 0.4) is 0 Å². The van der Waals surface area contributed by atoms with Gasteiger partial charge in [0.15, 0.2) is 0 Å². The molecule has 0 unspecified atom stereocenters. The number of hydrogen-bond acceptors (Lipinski definition) is 6. The van der Waals surface area contributed by atoms with Crippen LogP contribution in [0.4, 0.5) is 0 Å². The van der Waals surface area contributed by atoms with Crippen LogP contribution in [0.1, 0.15) is 24.8 Å². The van der Waals surface area contributed by atoms with E-state index in [1.54, 1.807) is 6.92 Å². The van der Waals surface area contributed by atoms with E-state index >= 15 is 0 Å². The first-order valence-electron chi connectivity index (χ1n) is 10.7. The third-order valence-corrected chi connectivity index (χ3v) is 6.07. The van der Waals surface area contributed by atoms with Gasteiger partial charge in [0, 0.05) is 37.7 Å². The summed E-state index contributed by atoms with van der Waals surface area (Å²) in [6, 6.07) is 9.93. The largest absolute Gasteiger partial charge is 0.441 e. The van der Waals surface area contributed by atoms with Gasteiger partial charge in [0.1, 0.15) is 5.76 Å². The molecule has 0 spiro atoms. The van der Waals surface area contributed by atoms with E-state index in [2.05, 4.69) is 16.9 Å². The van der Waals surface area contributed by atoms with Crippen LogP contribution >= 0.6 is 0 Å². The Morgan fingerprint density at radius 1 is 1.13 bits per heavy atom. The first-order valence-corrected chi connectivity index (χ1v) is 10.7. The van der Waals surface area contributed by atoms with Crippen molar-refractivity contribution in [3.8, 4) is 11.5 Å². The SMILES string of the molecule is Cc1oc(-c2ccccc2)nc1CCC1COC(C)(C(=O)N2CCN(C)CC2)OC1. The summed E-state index contributed by atoms with van der Waals surface area (Å²) in [6.07, 6.45) is 1.67. The molecule has 0 radical (unpaired) electrons. The zero-order valence-corrected chi connectivity index (χ0v) is 18.1. The van der Waals surface area contributed by atoms with Crippen molar-refractivity contribution in [3.05, 3.63) is 41.8 Å². The number of hydrogen-bond donors (Lipinski definition) is 0. The summed E-state index contributed by atoms with van der Waals surface area (Å²) < 4.78 is 17.7. The molecule has 1 aromatic carbocycles. The van der Waals surface area contributed by atoms with Gasteiger partial charge in [-0.3, -0.25) is 4.79 Å². The fourth-order valence-corrected chi connectivity index (χ4v) is 3.94. The number of benzene rings is 1. The van der Waals surface area contributed by atoms with Crippen molar-refractivity contribution in [2.24, 2.45) is 5.92 Å². The van der Waals surface area contributed by atoms with Crippen LogP contribution in [0.5, 0.6) is 0 Å². The van der Waals surface area contributed by atoms with E-state index < -0.39 is 5.79 Å². The van der Waals surface area contributed by atoms with Gasteiger partial charge < -0.3 is 23.7 Å². The highest BCUT2D eigenvalue weighted by molar-refractivity contribution is 5.83. The van der Waals surface area contributed by atoms with Crippen LogP contribution in [0.15, 0.2) is 34.7 Å². The van der Waals surface area contributed by atoms with Gasteiger partial charge in [-0.05, 0) is 45.9 Å². The molecule has 2 fully saturated rings. The Balaban J connectivity index is 1.29. The number of aryl methyl sites for hydroxylation is 2. The van der Waals surface area contributed by atoms with E-state index in [1.807, 2.05) is 42.2 Å². The molecule has 7 nitrogen and oxygen atoms in total. The smallest absolute Gasteiger partial charge is 0.282 e. The molecule has 30 heavy (non-hydrogen) atoms. The summed E-state index contributed by atoms with van der Waals surface area (Å²) in [5.41, 5.74) is 1.95. The molecular weight excluding hydrogens is 382 g/mol. The maximum absolute atomic E-state index is 12.9. The summed E-state index contributed by atoms with van der Waals surface area (Å²) in [5, 5.41) is 0. The Morgan fingerprint density at radius 3 is 2.47 bits per heavy atom. The van der Waals surface area contributed by atoms with Gasteiger partial charge in [-0.25, -0.2) is 4.98 Å². The zero-order chi connectivity index (χ0) is 21.1. The highest BCUT2D eigenvalue weighted by Crippen LogP contribution is 2.28. The Kier molecular flexibility index (Phi) is 6.22. The number of ether oxygens (including phenoxy) is 2. The van der Waals surface area contributed by atoms with Crippen LogP contribution in [0.2, 0.25) is 0 Å². The van der Waals surface area contributed by atoms with Gasteiger partial charge in [-0.1, -0.05) is 18.2 Å². The average Bonchev–Trinajstić information content (AvgIpc) is 3.15. The highest BCUT2D eigenvalue weighted by atomic mass is 16.7. The first kappa shape index (κ1) is 21.0. The third-order valence-electron chi connectivity index (χ3n) is 6.07. The van der Waals surface area contributed by atoms with Crippen molar-refractivity contribution in [1.29, 1.82) is 0 Å². The third kappa shape index (κ3) is 4.58. The second-order valence-electron chi connectivity index (χ2n) is 8.46. The van der Waals surface area contributed by atoms with Gasteiger partial charge in [0.2, 0.25) is 11.7 Å². The molecule has 2 aliphatic rings. The molecule has 0 bridgehead atoms. The molecule has 3 heterocycles. The van der Waals surface area contributed by atoms with Crippen LogP contribution in [-0.4, -0.2) is 72.9 Å². The Morgan fingerprint density at radius 2 is 1.80 bits per heavy atom. The van der Waals surface area contributed by atoms with Gasteiger partial charge in [0.05, 0.1) is 18.9 Å². The van der Waals surface area contributed by atoms with E-state index in [1.165, 1.54) is 0 Å². The summed E-state index contributed by atoms with van der Waals surface area (Å²) in [7, 11) is 2.07. The van der Waals surface area contributed by atoms with Gasteiger partial charge in [0.25, 0.3) is 5.91 Å². The predicted octanol–water partition coefficient (Wildman–Crippen LogP) is 2.74. The molecule has 2 aliphatic heterocycles. The molecule has 0 atom stereocenters. The molecule has 4 rings (SSSR count). The van der Waals surface area contributed by atoms with E-state index in [0.717, 1.165) is 56.0 Å². The molecule has 1 amide bonds. The number of carbonyl (C=O) groups is 1. The number of oxazole rings is 1. The summed E-state index contributed by atoms with van der Waals surface area (Å²) in [4.78, 5) is 21.6. The lowest BCUT2D eigenvalue weighted by molar-refractivity contribution is -0.267. The quantitative estimate of drug-likeness (QED) is 0.751. The van der Waals surface area contributed by atoms with Crippen molar-refractivity contribution in [3.63, 3.8) is 0 Å². The Bertz CT molecular complexity index is 851. The summed E-state index contributed by atoms with van der Waals surface area (Å²) in [5.74, 6) is 0.506. The van der Waals surface area contributed by atoms with Crippen molar-refractivity contribution in [2.45, 2.75) is 32.5 Å². The molecule has 2 saturated heterocycles. The fourth-order valence-electron chi connectivity index (χ4n) is 3.94. The van der Waals surface area contributed by atoms with Crippen LogP contribution < -0.4 is 0 Å². The lowest BCUT2D eigenvalue weighted by Gasteiger charge is -2.41. The van der Waals surface area contributed by atoms with Crippen molar-refractivity contribution < 1.29 is 18.7 Å². The van der Waals surface area contributed by atoms with Crippen LogP contribution in [0.25, 0.3) is 11.5 Å². The highest BCUT2D eigenvalue weighted by Gasteiger charge is 2.43. The lowest BCUT2D eigenvalue weighted by atomic mass is 10.0. The molecule has 162 valence electrons. The lowest BCUT2D eigenvalue weighted by Crippen LogP contribution is -2.58. The van der Waals surface area contributed by atoms with Crippen molar-refractivity contribution >= 4 is 5.91 Å². The van der Waals surface area contributed by atoms with Crippen molar-refractivity contribution in [2.75, 3.05) is 46.4 Å². The molecule has 0 aliphatic carbocycles. The standard InChI is InChI=1S/C23H31N3O4/c1-17-20(24-21(30-17)19-7-5-4-6-8-19)10-9-18-15-28-23(2,29-16-18)22(27)26-13-11-25(3)12-14-26/h4-8,18H,9-16H2,1-3H3. The topological polar surface area (TPSA) is 68.0 Å². The van der Waals surface area contributed by atoms with E-state index in [0.29, 0.717) is 19.1 Å². The number of aromatic nitrogens is 1. The van der Waals surface area contributed by atoms with Crippen LogP contribution in [0, 0.1) is 12.8 Å². The van der Waals surface area contributed by atoms with E-state index in [9.17, 15) is 4.79 Å². The van der Waals surface area contributed by atoms with Gasteiger partial charge in [-0.15, -0.1) is 0 Å². The second-order valence-corrected chi connectivity index (χ2v) is 8.46. The number of amides is 1. The van der Waals surface area contributed by atoms with E-state index in [4.69, 9.17) is 13.9 Å². The van der Waals surface area contributed by atoms with Gasteiger partial charge in [-0.2, -0.15) is 0 Å². The minimum absolute atomic E-state index is 0.0612. The molecular formula is C23H31N3O4. The van der Waals surface area contributed by atoms with Crippen molar-refractivity contribution in [1.82, 2.24) is 14.8 Å². The molecule has 0 N–H and O–H groups in total. The second kappa shape index (κ2) is 8.88. The minimum Gasteiger partial charge on any atom is -0.441 e. The minimum atomic E-state index is -1.17. The monoisotopic (exact) mass is 413 g/mol. The molecule has 7 heteroatoms. The summed E-state index contributed by atoms with van der Waals surface area (Å²) >= 11 is 0. The molecule has 1 aromatic heterocycles. The average molecular weight is 414 g/mol. The summed E-state index contributed by atoms with van der Waals surface area (Å²) in [6.45, 7) is 7.93. The zero-order valence-electron chi connectivity index (χ0n) is 18.1. The number of carbonyl (C=O) groups excluding carboxylic acids is 1. The maximum atomic E-state index is 12.9. The molecule has 0 saturated carbocycles. The number of likely N-dealkylation sites (N-methyl/N-ethyl adjacent to an activating group) is 1. The first-order chi connectivity index (χ1) is 14.4. The number of piperazine rings is 1. The normalized spacial score (nSPS) is 25.4. The maximum Gasteiger partial charge on any atom is 0.282 e. The molecule has 2 aromatic rings. The Labute approximate surface area is 178 Å². The predicted molar refractivity (Wildman–Crippen MR) is 113 cm³/mol. The van der Waals surface area contributed by atoms with E-state index in [-0.39, 0.29) is 11.8 Å². The number of nitrogens with zero attached hydrogens (tertiary/aromatic N) is 3. The van der Waals surface area contributed by atoms with Gasteiger partial charge >= 0.3 is 0 Å².